The molecule has 0 aliphatic heterocycles. The van der Waals surface area contributed by atoms with Crippen molar-refractivity contribution in [2.24, 2.45) is 0 Å². The van der Waals surface area contributed by atoms with Gasteiger partial charge in [-0.15, -0.1) is 0 Å². The maximum absolute atomic E-state index is 4.43. The largest absolute Gasteiger partial charge is 0.322 e. The topological polar surface area (TPSA) is 46.5 Å². The molecule has 3 aromatic rings. The van der Waals surface area contributed by atoms with E-state index in [9.17, 15) is 0 Å². The molecule has 0 saturated heterocycles. The Hall–Kier alpha value is -1.62. The molecule has 1 aromatic carbocycles. The number of hydrogen-bond acceptors (Lipinski definition) is 2. The first-order valence-corrected chi connectivity index (χ1v) is 5.27. The molecular formula is C10H7BrN4. The fourth-order valence-electron chi connectivity index (χ4n) is 1.47. The third kappa shape index (κ3) is 1.45. The van der Waals surface area contributed by atoms with E-state index in [1.54, 1.807) is 10.9 Å². The lowest BCUT2D eigenvalue weighted by molar-refractivity contribution is 0.829. The van der Waals surface area contributed by atoms with Crippen LogP contribution >= 0.6 is 15.9 Å². The molecule has 0 atom stereocenters. The SMILES string of the molecule is Brc1ccc2[nH]c(-n3cccn3)nc2c1. The van der Waals surface area contributed by atoms with Crippen molar-refractivity contribution in [3.05, 3.63) is 41.1 Å². The summed E-state index contributed by atoms with van der Waals surface area (Å²) in [6.45, 7) is 0. The van der Waals surface area contributed by atoms with Crippen molar-refractivity contribution >= 4 is 27.0 Å². The van der Waals surface area contributed by atoms with Gasteiger partial charge in [0.25, 0.3) is 0 Å². The molecule has 0 unspecified atom stereocenters. The molecule has 3 rings (SSSR count). The number of H-pyrrole nitrogens is 1. The third-order valence-electron chi connectivity index (χ3n) is 2.15. The van der Waals surface area contributed by atoms with Gasteiger partial charge in [-0.2, -0.15) is 5.10 Å². The highest BCUT2D eigenvalue weighted by molar-refractivity contribution is 9.10. The van der Waals surface area contributed by atoms with Crippen molar-refractivity contribution in [3.63, 3.8) is 0 Å². The van der Waals surface area contributed by atoms with Gasteiger partial charge in [-0.25, -0.2) is 9.67 Å². The molecule has 0 aliphatic rings. The molecule has 4 nitrogen and oxygen atoms in total. The summed E-state index contributed by atoms with van der Waals surface area (Å²) in [5.41, 5.74) is 1.93. The lowest BCUT2D eigenvalue weighted by Gasteiger charge is -1.91. The monoisotopic (exact) mass is 262 g/mol. The molecule has 0 aliphatic carbocycles. The van der Waals surface area contributed by atoms with Crippen LogP contribution in [0.1, 0.15) is 0 Å². The molecule has 2 aromatic heterocycles. The van der Waals surface area contributed by atoms with Crippen LogP contribution in [0.25, 0.3) is 17.0 Å². The van der Waals surface area contributed by atoms with Crippen LogP contribution in [0, 0.1) is 0 Å². The zero-order valence-electron chi connectivity index (χ0n) is 7.68. The summed E-state index contributed by atoms with van der Waals surface area (Å²) in [4.78, 5) is 7.62. The van der Waals surface area contributed by atoms with Crippen LogP contribution in [0.2, 0.25) is 0 Å². The molecule has 2 heterocycles. The average Bonchev–Trinajstić information content (AvgIpc) is 2.84. The first-order chi connectivity index (χ1) is 7.33. The van der Waals surface area contributed by atoms with Gasteiger partial charge in [0.05, 0.1) is 11.0 Å². The van der Waals surface area contributed by atoms with Crippen LogP contribution in [0.5, 0.6) is 0 Å². The molecule has 1 N–H and O–H groups in total. The van der Waals surface area contributed by atoms with Crippen molar-refractivity contribution in [3.8, 4) is 5.95 Å². The Morgan fingerprint density at radius 2 is 2.27 bits per heavy atom. The predicted octanol–water partition coefficient (Wildman–Crippen LogP) is 2.51. The summed E-state index contributed by atoms with van der Waals surface area (Å²) in [5.74, 6) is 0.730. The molecule has 0 amide bonds. The fraction of sp³-hybridized carbons (Fsp3) is 0. The quantitative estimate of drug-likeness (QED) is 0.733. The van der Waals surface area contributed by atoms with Crippen molar-refractivity contribution in [1.82, 2.24) is 19.7 Å². The molecular weight excluding hydrogens is 256 g/mol. The van der Waals surface area contributed by atoms with Gasteiger partial charge in [-0.05, 0) is 24.3 Å². The number of imidazole rings is 1. The van der Waals surface area contributed by atoms with E-state index in [1.807, 2.05) is 30.5 Å². The number of hydrogen-bond donors (Lipinski definition) is 1. The summed E-state index contributed by atoms with van der Waals surface area (Å²) in [6.07, 6.45) is 3.58. The number of rotatable bonds is 1. The van der Waals surface area contributed by atoms with Crippen molar-refractivity contribution in [2.45, 2.75) is 0 Å². The van der Waals surface area contributed by atoms with E-state index in [2.05, 4.69) is 31.0 Å². The minimum Gasteiger partial charge on any atom is -0.322 e. The lowest BCUT2D eigenvalue weighted by Crippen LogP contribution is -1.95. The highest BCUT2D eigenvalue weighted by Gasteiger charge is 2.04. The second-order valence-electron chi connectivity index (χ2n) is 3.17. The van der Waals surface area contributed by atoms with E-state index in [0.717, 1.165) is 21.5 Å². The third-order valence-corrected chi connectivity index (χ3v) is 2.65. The normalized spacial score (nSPS) is 11.0. The Balaban J connectivity index is 2.22. The van der Waals surface area contributed by atoms with Crippen LogP contribution in [0.3, 0.4) is 0 Å². The van der Waals surface area contributed by atoms with Crippen molar-refractivity contribution < 1.29 is 0 Å². The van der Waals surface area contributed by atoms with Gasteiger partial charge >= 0.3 is 0 Å². The van der Waals surface area contributed by atoms with E-state index in [0.29, 0.717) is 0 Å². The molecule has 74 valence electrons. The van der Waals surface area contributed by atoms with Crippen LogP contribution in [0.15, 0.2) is 41.1 Å². The second-order valence-corrected chi connectivity index (χ2v) is 4.09. The standard InChI is InChI=1S/C10H7BrN4/c11-7-2-3-8-9(6-7)14-10(13-8)15-5-1-4-12-15/h1-6H,(H,13,14). The van der Waals surface area contributed by atoms with E-state index in [-0.39, 0.29) is 0 Å². The van der Waals surface area contributed by atoms with E-state index >= 15 is 0 Å². The first-order valence-electron chi connectivity index (χ1n) is 4.48. The van der Waals surface area contributed by atoms with Crippen LogP contribution in [-0.4, -0.2) is 19.7 Å². The molecule has 0 spiro atoms. The number of halogens is 1. The fourth-order valence-corrected chi connectivity index (χ4v) is 1.82. The number of aromatic nitrogens is 4. The highest BCUT2D eigenvalue weighted by Crippen LogP contribution is 2.18. The van der Waals surface area contributed by atoms with Gasteiger partial charge < -0.3 is 4.98 Å². The Bertz CT molecular complexity index is 597. The molecule has 0 bridgehead atoms. The van der Waals surface area contributed by atoms with E-state index in [1.165, 1.54) is 0 Å². The van der Waals surface area contributed by atoms with Gasteiger partial charge in [0.2, 0.25) is 5.95 Å². The lowest BCUT2D eigenvalue weighted by atomic mass is 10.3. The number of fused-ring (bicyclic) bond motifs is 1. The maximum Gasteiger partial charge on any atom is 0.229 e. The molecule has 15 heavy (non-hydrogen) atoms. The zero-order valence-corrected chi connectivity index (χ0v) is 9.27. The zero-order chi connectivity index (χ0) is 10.3. The minimum atomic E-state index is 0.730. The van der Waals surface area contributed by atoms with Gasteiger partial charge in [-0.3, -0.25) is 0 Å². The molecule has 0 fully saturated rings. The van der Waals surface area contributed by atoms with Crippen LogP contribution < -0.4 is 0 Å². The number of aromatic amines is 1. The van der Waals surface area contributed by atoms with Gasteiger partial charge in [0.15, 0.2) is 0 Å². The summed E-state index contributed by atoms with van der Waals surface area (Å²) in [5, 5.41) is 4.12. The van der Waals surface area contributed by atoms with E-state index < -0.39 is 0 Å². The average molecular weight is 263 g/mol. The van der Waals surface area contributed by atoms with Crippen molar-refractivity contribution in [1.29, 1.82) is 0 Å². The second kappa shape index (κ2) is 3.20. The van der Waals surface area contributed by atoms with Gasteiger partial charge in [-0.1, -0.05) is 15.9 Å². The Kier molecular flexibility index (Phi) is 1.85. The Labute approximate surface area is 94.1 Å². The van der Waals surface area contributed by atoms with Gasteiger partial charge in [0.1, 0.15) is 0 Å². The number of nitrogens with one attached hydrogen (secondary N) is 1. The Morgan fingerprint density at radius 3 is 3.07 bits per heavy atom. The number of nitrogens with zero attached hydrogens (tertiary/aromatic N) is 3. The highest BCUT2D eigenvalue weighted by atomic mass is 79.9. The van der Waals surface area contributed by atoms with Crippen molar-refractivity contribution in [2.75, 3.05) is 0 Å². The van der Waals surface area contributed by atoms with Gasteiger partial charge in [0, 0.05) is 16.9 Å². The molecule has 0 saturated carbocycles. The maximum atomic E-state index is 4.43. The van der Waals surface area contributed by atoms with Crippen LogP contribution in [-0.2, 0) is 0 Å². The Morgan fingerprint density at radius 1 is 1.33 bits per heavy atom. The summed E-state index contributed by atoms with van der Waals surface area (Å²) in [6, 6.07) is 7.80. The molecule has 5 heteroatoms. The summed E-state index contributed by atoms with van der Waals surface area (Å²) >= 11 is 3.41. The van der Waals surface area contributed by atoms with Crippen LogP contribution in [0.4, 0.5) is 0 Å². The summed E-state index contributed by atoms with van der Waals surface area (Å²) < 4.78 is 2.72. The predicted molar refractivity (Wildman–Crippen MR) is 60.9 cm³/mol. The minimum absolute atomic E-state index is 0.730. The first kappa shape index (κ1) is 8.67. The number of benzene rings is 1. The molecule has 0 radical (unpaired) electrons. The smallest absolute Gasteiger partial charge is 0.229 e. The summed E-state index contributed by atoms with van der Waals surface area (Å²) in [7, 11) is 0. The van der Waals surface area contributed by atoms with E-state index in [4.69, 9.17) is 0 Å².